The van der Waals surface area contributed by atoms with Crippen molar-refractivity contribution in [2.24, 2.45) is 0 Å². The summed E-state index contributed by atoms with van der Waals surface area (Å²) in [7, 11) is 0. The molecule has 0 nitrogen and oxygen atoms in total. The average Bonchev–Trinajstić information content (AvgIpc) is 2.41. The van der Waals surface area contributed by atoms with Crippen molar-refractivity contribution in [1.29, 1.82) is 0 Å². The first kappa shape index (κ1) is 15.6. The van der Waals surface area contributed by atoms with Gasteiger partial charge >= 0.3 is 6.18 Å². The van der Waals surface area contributed by atoms with Gasteiger partial charge in [-0.05, 0) is 61.9 Å². The van der Waals surface area contributed by atoms with Gasteiger partial charge in [0.1, 0.15) is 0 Å². The summed E-state index contributed by atoms with van der Waals surface area (Å²) in [5.41, 5.74) is 3.96. The highest BCUT2D eigenvalue weighted by molar-refractivity contribution is 5.41. The summed E-state index contributed by atoms with van der Waals surface area (Å²) >= 11 is 0. The Bertz CT molecular complexity index is 622. The van der Waals surface area contributed by atoms with E-state index in [9.17, 15) is 13.2 Å². The molecule has 112 valence electrons. The van der Waals surface area contributed by atoms with Gasteiger partial charge in [0, 0.05) is 0 Å². The fraction of sp³-hybridized carbons (Fsp3) is 0.333. The molecule has 0 heterocycles. The molecule has 2 aromatic rings. The smallest absolute Gasteiger partial charge is 0.166 e. The minimum Gasteiger partial charge on any atom is -0.166 e. The van der Waals surface area contributed by atoms with Crippen LogP contribution in [0.3, 0.4) is 0 Å². The highest BCUT2D eigenvalue weighted by Crippen LogP contribution is 2.34. The van der Waals surface area contributed by atoms with E-state index in [0.717, 1.165) is 24.0 Å². The molecule has 0 atom stereocenters. The van der Waals surface area contributed by atoms with Crippen LogP contribution in [-0.2, 0) is 19.0 Å². The van der Waals surface area contributed by atoms with E-state index in [1.165, 1.54) is 17.2 Å². The molecule has 2 rings (SSSR count). The molecule has 3 heteroatoms. The van der Waals surface area contributed by atoms with Gasteiger partial charge in [-0.15, -0.1) is 0 Å². The Morgan fingerprint density at radius 2 is 1.38 bits per heavy atom. The highest BCUT2D eigenvalue weighted by atomic mass is 19.4. The summed E-state index contributed by atoms with van der Waals surface area (Å²) in [5.74, 6) is 0. The minimum absolute atomic E-state index is 0.337. The van der Waals surface area contributed by atoms with Gasteiger partial charge in [-0.1, -0.05) is 35.9 Å². The summed E-state index contributed by atoms with van der Waals surface area (Å²) in [4.78, 5) is 0. The van der Waals surface area contributed by atoms with E-state index in [0.29, 0.717) is 5.56 Å². The van der Waals surface area contributed by atoms with Gasteiger partial charge in [0.2, 0.25) is 0 Å². The van der Waals surface area contributed by atoms with Crippen LogP contribution in [0.4, 0.5) is 13.2 Å². The lowest BCUT2D eigenvalue weighted by atomic mass is 9.94. The molecule has 0 saturated heterocycles. The van der Waals surface area contributed by atoms with Crippen LogP contribution in [-0.4, -0.2) is 0 Å². The molecule has 0 N–H and O–H groups in total. The normalized spacial score (nSPS) is 11.7. The van der Waals surface area contributed by atoms with Crippen molar-refractivity contribution in [1.82, 2.24) is 0 Å². The van der Waals surface area contributed by atoms with Crippen molar-refractivity contribution in [2.75, 3.05) is 0 Å². The zero-order valence-corrected chi connectivity index (χ0v) is 12.5. The first-order valence-electron chi connectivity index (χ1n) is 7.01. The fourth-order valence-corrected chi connectivity index (χ4v) is 2.49. The topological polar surface area (TPSA) is 0 Å². The van der Waals surface area contributed by atoms with Crippen LogP contribution < -0.4 is 0 Å². The van der Waals surface area contributed by atoms with E-state index in [-0.39, 0.29) is 0 Å². The Kier molecular flexibility index (Phi) is 4.40. The highest BCUT2D eigenvalue weighted by Gasteiger charge is 2.32. The third kappa shape index (κ3) is 3.66. The van der Waals surface area contributed by atoms with E-state index < -0.39 is 11.7 Å². The second-order valence-electron chi connectivity index (χ2n) is 5.51. The van der Waals surface area contributed by atoms with Crippen LogP contribution in [0.1, 0.15) is 33.4 Å². The Hall–Kier alpha value is -1.77. The monoisotopic (exact) mass is 292 g/mol. The standard InChI is InChI=1S/C18H19F3/c1-12-4-6-15(7-5-12)8-9-16-10-11-17(18(19,20)21)14(3)13(16)2/h4-7,10-11H,8-9H2,1-3H3. The number of benzene rings is 2. The van der Waals surface area contributed by atoms with Crippen LogP contribution in [0.25, 0.3) is 0 Å². The first-order valence-corrected chi connectivity index (χ1v) is 7.01. The second kappa shape index (κ2) is 5.92. The number of alkyl halides is 3. The van der Waals surface area contributed by atoms with Gasteiger partial charge in [-0.25, -0.2) is 0 Å². The van der Waals surface area contributed by atoms with E-state index in [1.54, 1.807) is 19.9 Å². The van der Waals surface area contributed by atoms with Crippen molar-refractivity contribution in [2.45, 2.75) is 39.8 Å². The van der Waals surface area contributed by atoms with Crippen molar-refractivity contribution < 1.29 is 13.2 Å². The molecule has 0 radical (unpaired) electrons. The van der Waals surface area contributed by atoms with Crippen LogP contribution in [0.2, 0.25) is 0 Å². The molecule has 0 bridgehead atoms. The predicted octanol–water partition coefficient (Wildman–Crippen LogP) is 5.42. The van der Waals surface area contributed by atoms with Gasteiger partial charge in [0.25, 0.3) is 0 Å². The zero-order valence-electron chi connectivity index (χ0n) is 12.5. The number of hydrogen-bond donors (Lipinski definition) is 0. The third-order valence-electron chi connectivity index (χ3n) is 4.01. The minimum atomic E-state index is -4.27. The molecule has 0 aliphatic carbocycles. The van der Waals surface area contributed by atoms with Gasteiger partial charge in [-0.3, -0.25) is 0 Å². The Morgan fingerprint density at radius 3 is 1.95 bits per heavy atom. The van der Waals surface area contributed by atoms with E-state index in [4.69, 9.17) is 0 Å². The Balaban J connectivity index is 2.18. The second-order valence-corrected chi connectivity index (χ2v) is 5.51. The number of hydrogen-bond acceptors (Lipinski definition) is 0. The summed E-state index contributed by atoms with van der Waals surface area (Å²) < 4.78 is 38.5. The first-order chi connectivity index (χ1) is 9.79. The van der Waals surface area contributed by atoms with Gasteiger partial charge in [-0.2, -0.15) is 13.2 Å². The van der Waals surface area contributed by atoms with Gasteiger partial charge < -0.3 is 0 Å². The molecule has 0 amide bonds. The van der Waals surface area contributed by atoms with Gasteiger partial charge in [0.05, 0.1) is 5.56 Å². The maximum absolute atomic E-state index is 12.8. The summed E-state index contributed by atoms with van der Waals surface area (Å²) in [6.07, 6.45) is -2.68. The molecule has 0 saturated carbocycles. The molecule has 0 spiro atoms. The number of aryl methyl sites for hydroxylation is 3. The van der Waals surface area contributed by atoms with Crippen molar-refractivity contribution in [3.8, 4) is 0 Å². The lowest BCUT2D eigenvalue weighted by Crippen LogP contribution is -2.10. The third-order valence-corrected chi connectivity index (χ3v) is 4.01. The Morgan fingerprint density at radius 1 is 0.762 bits per heavy atom. The molecule has 2 aromatic carbocycles. The van der Waals surface area contributed by atoms with E-state index in [2.05, 4.69) is 24.3 Å². The lowest BCUT2D eigenvalue weighted by molar-refractivity contribution is -0.138. The maximum Gasteiger partial charge on any atom is 0.416 e. The van der Waals surface area contributed by atoms with E-state index >= 15 is 0 Å². The van der Waals surface area contributed by atoms with Crippen LogP contribution in [0.5, 0.6) is 0 Å². The quantitative estimate of drug-likeness (QED) is 0.709. The molecular weight excluding hydrogens is 273 g/mol. The van der Waals surface area contributed by atoms with Crippen LogP contribution in [0.15, 0.2) is 36.4 Å². The summed E-state index contributed by atoms with van der Waals surface area (Å²) in [6, 6.07) is 11.1. The molecule has 21 heavy (non-hydrogen) atoms. The fourth-order valence-electron chi connectivity index (χ4n) is 2.49. The predicted molar refractivity (Wildman–Crippen MR) is 79.5 cm³/mol. The number of halogens is 3. The Labute approximate surface area is 123 Å². The zero-order chi connectivity index (χ0) is 15.6. The molecule has 0 fully saturated rings. The molecule has 0 aliphatic heterocycles. The average molecular weight is 292 g/mol. The summed E-state index contributed by atoms with van der Waals surface area (Å²) in [6.45, 7) is 5.36. The van der Waals surface area contributed by atoms with Crippen LogP contribution in [0, 0.1) is 20.8 Å². The van der Waals surface area contributed by atoms with Crippen molar-refractivity contribution in [3.05, 3.63) is 69.8 Å². The van der Waals surface area contributed by atoms with Crippen LogP contribution >= 0.6 is 0 Å². The summed E-state index contributed by atoms with van der Waals surface area (Å²) in [5, 5.41) is 0. The SMILES string of the molecule is Cc1ccc(CCc2ccc(C(F)(F)F)c(C)c2C)cc1. The lowest BCUT2D eigenvalue weighted by Gasteiger charge is -2.15. The molecule has 0 unspecified atom stereocenters. The number of rotatable bonds is 3. The maximum atomic E-state index is 12.8. The molecule has 0 aliphatic rings. The van der Waals surface area contributed by atoms with E-state index in [1.807, 2.05) is 6.92 Å². The largest absolute Gasteiger partial charge is 0.416 e. The van der Waals surface area contributed by atoms with Crippen molar-refractivity contribution >= 4 is 0 Å². The van der Waals surface area contributed by atoms with Crippen molar-refractivity contribution in [3.63, 3.8) is 0 Å². The molecular formula is C18H19F3. The molecule has 0 aromatic heterocycles. The van der Waals surface area contributed by atoms with Gasteiger partial charge in [0.15, 0.2) is 0 Å².